The van der Waals surface area contributed by atoms with Crippen LogP contribution in [-0.2, 0) is 4.79 Å². The van der Waals surface area contributed by atoms with E-state index in [0.717, 1.165) is 4.90 Å². The van der Waals surface area contributed by atoms with E-state index in [-0.39, 0.29) is 5.91 Å². The van der Waals surface area contributed by atoms with E-state index in [9.17, 15) is 9.59 Å². The highest BCUT2D eigenvalue weighted by Crippen LogP contribution is 2.12. The molecule has 2 amide bonds. The molecule has 1 aromatic rings. The second-order valence-corrected chi connectivity index (χ2v) is 4.67. The third-order valence-corrected chi connectivity index (χ3v) is 3.08. The minimum atomic E-state index is -1.16. The average molecular weight is 313 g/mol. The summed E-state index contributed by atoms with van der Waals surface area (Å²) in [6.07, 6.45) is 4.57. The number of carboxylic acid groups (broad SMARTS) is 1. The minimum Gasteiger partial charge on any atom is -0.494 e. The van der Waals surface area contributed by atoms with Gasteiger partial charge >= 0.3 is 6.09 Å². The predicted molar refractivity (Wildman–Crippen MR) is 81.1 cm³/mol. The van der Waals surface area contributed by atoms with Gasteiger partial charge in [-0.25, -0.2) is 4.79 Å². The molecule has 0 bridgehead atoms. The van der Waals surface area contributed by atoms with Gasteiger partial charge in [0.15, 0.2) is 0 Å². The van der Waals surface area contributed by atoms with Crippen LogP contribution in [0.25, 0.3) is 0 Å². The van der Waals surface area contributed by atoms with Crippen molar-refractivity contribution in [2.75, 3.05) is 13.2 Å². The Morgan fingerprint density at radius 2 is 1.96 bits per heavy atom. The highest BCUT2D eigenvalue weighted by Gasteiger charge is 2.14. The zero-order chi connectivity index (χ0) is 16.7. The first-order valence-corrected chi connectivity index (χ1v) is 6.91. The Balaban J connectivity index is 1.80. The van der Waals surface area contributed by atoms with Crippen LogP contribution >= 0.6 is 0 Å². The van der Waals surface area contributed by atoms with Crippen LogP contribution in [0.4, 0.5) is 4.79 Å². The van der Waals surface area contributed by atoms with E-state index in [2.05, 4.69) is 0 Å². The summed E-state index contributed by atoms with van der Waals surface area (Å²) in [7, 11) is 0. The zero-order valence-corrected chi connectivity index (χ0v) is 12.3. The minimum absolute atomic E-state index is 0.289. The number of ether oxygens (including phenoxy) is 1. The highest BCUT2D eigenvalue weighted by molar-refractivity contribution is 5.89. The lowest BCUT2D eigenvalue weighted by Gasteiger charge is -2.15. The van der Waals surface area contributed by atoms with Crippen LogP contribution in [0.15, 0.2) is 48.9 Å². The lowest BCUT2D eigenvalue weighted by molar-refractivity contribution is -0.123. The van der Waals surface area contributed by atoms with Gasteiger partial charge in [0.25, 0.3) is 5.91 Å². The number of amides is 2. The van der Waals surface area contributed by atoms with Crippen molar-refractivity contribution in [3.63, 3.8) is 0 Å². The van der Waals surface area contributed by atoms with Crippen LogP contribution < -0.4 is 4.74 Å². The molecule has 1 N–H and O–H groups in total. The second-order valence-electron chi connectivity index (χ2n) is 4.67. The molecule has 0 unspecified atom stereocenters. The Hall–Kier alpha value is -3.27. The van der Waals surface area contributed by atoms with Crippen molar-refractivity contribution in [3.8, 4) is 11.8 Å². The number of nitrogens with zero attached hydrogens (tertiary/aromatic N) is 3. The molecule has 0 aliphatic carbocycles. The molecule has 1 aliphatic rings. The Morgan fingerprint density at radius 1 is 1.22 bits per heavy atom. The molecule has 1 heterocycles. The number of rotatable bonds is 5. The van der Waals surface area contributed by atoms with Gasteiger partial charge in [0.05, 0.1) is 18.2 Å². The molecule has 0 aromatic heterocycles. The monoisotopic (exact) mass is 313 g/mol. The fraction of sp³-hybridized carbons (Fsp3) is 0.188. The van der Waals surface area contributed by atoms with Crippen molar-refractivity contribution in [1.82, 2.24) is 9.80 Å². The van der Waals surface area contributed by atoms with Gasteiger partial charge in [0.1, 0.15) is 5.75 Å². The van der Waals surface area contributed by atoms with E-state index in [1.165, 1.54) is 29.6 Å². The molecule has 23 heavy (non-hydrogen) atoms. The number of carbonyl (C=O) groups is 2. The maximum atomic E-state index is 11.8. The van der Waals surface area contributed by atoms with E-state index in [0.29, 0.717) is 30.9 Å². The van der Waals surface area contributed by atoms with Crippen molar-refractivity contribution in [2.24, 2.45) is 0 Å². The number of hydrogen-bond acceptors (Lipinski definition) is 4. The molecule has 118 valence electrons. The van der Waals surface area contributed by atoms with Crippen LogP contribution in [-0.4, -0.2) is 40.1 Å². The molecule has 1 aliphatic heterocycles. The van der Waals surface area contributed by atoms with Gasteiger partial charge in [-0.15, -0.1) is 0 Å². The van der Waals surface area contributed by atoms with Gasteiger partial charge < -0.3 is 14.7 Å². The van der Waals surface area contributed by atoms with Crippen LogP contribution in [0.5, 0.6) is 5.75 Å². The summed E-state index contributed by atoms with van der Waals surface area (Å²) in [5, 5.41) is 17.6. The van der Waals surface area contributed by atoms with Crippen LogP contribution in [0.1, 0.15) is 12.0 Å². The van der Waals surface area contributed by atoms with Crippen molar-refractivity contribution in [3.05, 3.63) is 54.5 Å². The second kappa shape index (κ2) is 7.66. The number of hydrogen-bond donors (Lipinski definition) is 1. The van der Waals surface area contributed by atoms with Gasteiger partial charge in [0, 0.05) is 31.2 Å². The molecule has 0 atom stereocenters. The summed E-state index contributed by atoms with van der Waals surface area (Å²) in [6.45, 7) is 0.805. The third kappa shape index (κ3) is 4.61. The van der Waals surface area contributed by atoms with Gasteiger partial charge in [0.2, 0.25) is 0 Å². The quantitative estimate of drug-likeness (QED) is 0.840. The molecule has 7 nitrogen and oxygen atoms in total. The summed E-state index contributed by atoms with van der Waals surface area (Å²) < 4.78 is 5.53. The third-order valence-electron chi connectivity index (χ3n) is 3.08. The molecule has 1 aromatic carbocycles. The standard InChI is InChI=1S/C16H15N3O4/c17-12-13-2-4-14(5-3-13)23-11-1-7-18-9-10-19(16(21)22)8-6-15(18)20/h2-6,8-10H,1,7,11H2,(H,21,22). The normalized spacial score (nSPS) is 13.6. The average Bonchev–Trinajstić information content (AvgIpc) is 2.74. The van der Waals surface area contributed by atoms with Crippen molar-refractivity contribution >= 4 is 12.0 Å². The van der Waals surface area contributed by atoms with E-state index >= 15 is 0 Å². The maximum absolute atomic E-state index is 11.8. The fourth-order valence-corrected chi connectivity index (χ4v) is 1.88. The van der Waals surface area contributed by atoms with Gasteiger partial charge in [-0.05, 0) is 30.7 Å². The molecule has 7 heteroatoms. The largest absolute Gasteiger partial charge is 0.494 e. The number of carbonyl (C=O) groups excluding carboxylic acids is 1. The molecule has 0 radical (unpaired) electrons. The lowest BCUT2D eigenvalue weighted by Crippen LogP contribution is -2.25. The molecule has 0 fully saturated rings. The number of nitriles is 1. The number of benzene rings is 1. The first kappa shape index (κ1) is 16.1. The Bertz CT molecular complexity index is 674. The summed E-state index contributed by atoms with van der Waals surface area (Å²) >= 11 is 0. The Labute approximate surface area is 133 Å². The molecule has 0 saturated heterocycles. The molecule has 2 rings (SSSR count). The van der Waals surface area contributed by atoms with Crippen LogP contribution in [0, 0.1) is 11.3 Å². The topological polar surface area (TPSA) is 93.9 Å². The zero-order valence-electron chi connectivity index (χ0n) is 12.3. The van der Waals surface area contributed by atoms with E-state index in [1.54, 1.807) is 24.3 Å². The van der Waals surface area contributed by atoms with Gasteiger partial charge in [-0.2, -0.15) is 5.26 Å². The molecule has 0 spiro atoms. The Kier molecular flexibility index (Phi) is 5.36. The smallest absolute Gasteiger partial charge is 0.415 e. The van der Waals surface area contributed by atoms with Gasteiger partial charge in [-0.1, -0.05) is 0 Å². The maximum Gasteiger partial charge on any atom is 0.415 e. The van der Waals surface area contributed by atoms with Crippen molar-refractivity contribution < 1.29 is 19.4 Å². The molecule has 0 saturated carbocycles. The van der Waals surface area contributed by atoms with E-state index in [4.69, 9.17) is 15.1 Å². The lowest BCUT2D eigenvalue weighted by atomic mass is 10.2. The van der Waals surface area contributed by atoms with Gasteiger partial charge in [-0.3, -0.25) is 9.69 Å². The fourth-order valence-electron chi connectivity index (χ4n) is 1.88. The summed E-state index contributed by atoms with van der Waals surface area (Å²) in [5.41, 5.74) is 0.562. The first-order valence-electron chi connectivity index (χ1n) is 6.91. The van der Waals surface area contributed by atoms with E-state index in [1.807, 2.05) is 6.07 Å². The van der Waals surface area contributed by atoms with Crippen molar-refractivity contribution in [2.45, 2.75) is 6.42 Å². The summed E-state index contributed by atoms with van der Waals surface area (Å²) in [5.74, 6) is 0.363. The molecular weight excluding hydrogens is 298 g/mol. The van der Waals surface area contributed by atoms with E-state index < -0.39 is 6.09 Å². The predicted octanol–water partition coefficient (Wildman–Crippen LogP) is 2.13. The van der Waals surface area contributed by atoms with Crippen molar-refractivity contribution in [1.29, 1.82) is 5.26 Å². The Morgan fingerprint density at radius 3 is 2.61 bits per heavy atom. The summed E-state index contributed by atoms with van der Waals surface area (Å²) in [6, 6.07) is 8.79. The highest BCUT2D eigenvalue weighted by atomic mass is 16.5. The first-order chi connectivity index (χ1) is 11.1. The SMILES string of the molecule is N#Cc1ccc(OCCCN2C=CN(C(=O)O)C=CC2=O)cc1. The summed E-state index contributed by atoms with van der Waals surface area (Å²) in [4.78, 5) is 25.0. The van der Waals surface area contributed by atoms with Crippen LogP contribution in [0.3, 0.4) is 0 Å². The molecular formula is C16H15N3O4. The van der Waals surface area contributed by atoms with Crippen LogP contribution in [0.2, 0.25) is 0 Å².